The Morgan fingerprint density at radius 1 is 1.47 bits per heavy atom. The van der Waals surface area contributed by atoms with Gasteiger partial charge in [-0.25, -0.2) is 0 Å². The molecule has 1 heterocycles. The highest BCUT2D eigenvalue weighted by Gasteiger charge is 2.23. The second-order valence-corrected chi connectivity index (χ2v) is 6.03. The molecule has 0 amide bonds. The summed E-state index contributed by atoms with van der Waals surface area (Å²) in [5.41, 5.74) is 5.47. The number of nitrogens with zero attached hydrogens (tertiary/aromatic N) is 2. The summed E-state index contributed by atoms with van der Waals surface area (Å²) >= 11 is 0. The fraction of sp³-hybridized carbons (Fsp3) is 0.929. The van der Waals surface area contributed by atoms with E-state index in [1.165, 1.54) is 0 Å². The molecule has 1 rings (SSSR count). The number of nitrogens with two attached hydrogens (primary N) is 1. The van der Waals surface area contributed by atoms with Crippen LogP contribution in [0.15, 0.2) is 5.16 Å². The number of hydrogen-bond acceptors (Lipinski definition) is 4. The van der Waals surface area contributed by atoms with Gasteiger partial charge in [-0.2, -0.15) is 0 Å². The van der Waals surface area contributed by atoms with Crippen molar-refractivity contribution in [3.8, 4) is 0 Å². The van der Waals surface area contributed by atoms with E-state index in [1.807, 2.05) is 13.8 Å². The van der Waals surface area contributed by atoms with Gasteiger partial charge >= 0.3 is 0 Å². The summed E-state index contributed by atoms with van der Waals surface area (Å²) in [4.78, 5) is 2.48. The van der Waals surface area contributed by atoms with Gasteiger partial charge < -0.3 is 15.7 Å². The molecule has 0 saturated carbocycles. The first-order valence-electron chi connectivity index (χ1n) is 7.31. The van der Waals surface area contributed by atoms with Crippen LogP contribution in [-0.4, -0.2) is 48.3 Å². The SMILES string of the molecule is CCC1CN(CCCCC(C)(C)C(N)=NO)CCO1. The van der Waals surface area contributed by atoms with Crippen LogP contribution in [0.1, 0.15) is 46.5 Å². The lowest BCUT2D eigenvalue weighted by atomic mass is 9.86. The first-order chi connectivity index (χ1) is 8.99. The topological polar surface area (TPSA) is 71.1 Å². The van der Waals surface area contributed by atoms with Gasteiger partial charge in [0.2, 0.25) is 0 Å². The van der Waals surface area contributed by atoms with E-state index in [4.69, 9.17) is 15.7 Å². The molecule has 0 radical (unpaired) electrons. The van der Waals surface area contributed by atoms with E-state index in [0.717, 1.165) is 51.9 Å². The highest BCUT2D eigenvalue weighted by atomic mass is 16.5. The zero-order valence-electron chi connectivity index (χ0n) is 12.6. The van der Waals surface area contributed by atoms with Crippen LogP contribution in [0.2, 0.25) is 0 Å². The van der Waals surface area contributed by atoms with Crippen molar-refractivity contribution in [3.05, 3.63) is 0 Å². The third-order valence-electron chi connectivity index (χ3n) is 4.01. The Balaban J connectivity index is 2.20. The van der Waals surface area contributed by atoms with Crippen LogP contribution in [0.5, 0.6) is 0 Å². The normalized spacial score (nSPS) is 22.7. The summed E-state index contributed by atoms with van der Waals surface area (Å²) in [7, 11) is 0. The van der Waals surface area contributed by atoms with Crippen LogP contribution in [0.3, 0.4) is 0 Å². The molecule has 0 bridgehead atoms. The van der Waals surface area contributed by atoms with Gasteiger partial charge in [0.05, 0.1) is 12.7 Å². The molecule has 3 N–H and O–H groups in total. The zero-order valence-corrected chi connectivity index (χ0v) is 12.6. The second-order valence-electron chi connectivity index (χ2n) is 6.03. The lowest BCUT2D eigenvalue weighted by Crippen LogP contribution is -2.42. The van der Waals surface area contributed by atoms with E-state index in [1.54, 1.807) is 0 Å². The van der Waals surface area contributed by atoms with Crippen LogP contribution in [0.25, 0.3) is 0 Å². The largest absolute Gasteiger partial charge is 0.409 e. The standard InChI is InChI=1S/C14H29N3O2/c1-4-12-11-17(9-10-19-12)8-6-5-7-14(2,3)13(15)16-18/h12,18H,4-11H2,1-3H3,(H2,15,16). The Labute approximate surface area is 116 Å². The summed E-state index contributed by atoms with van der Waals surface area (Å²) < 4.78 is 5.66. The summed E-state index contributed by atoms with van der Waals surface area (Å²) in [6.07, 6.45) is 4.69. The molecular formula is C14H29N3O2. The van der Waals surface area contributed by atoms with Gasteiger partial charge in [-0.1, -0.05) is 32.3 Å². The molecule has 5 heteroatoms. The predicted molar refractivity (Wildman–Crippen MR) is 77.5 cm³/mol. The first-order valence-corrected chi connectivity index (χ1v) is 7.31. The van der Waals surface area contributed by atoms with Crippen LogP contribution >= 0.6 is 0 Å². The van der Waals surface area contributed by atoms with E-state index < -0.39 is 0 Å². The predicted octanol–water partition coefficient (Wildman–Crippen LogP) is 2.04. The fourth-order valence-corrected chi connectivity index (χ4v) is 2.40. The van der Waals surface area contributed by atoms with Gasteiger partial charge in [-0.3, -0.25) is 4.90 Å². The molecule has 0 aromatic rings. The molecule has 1 unspecified atom stereocenters. The van der Waals surface area contributed by atoms with Gasteiger partial charge in [-0.15, -0.1) is 0 Å². The van der Waals surface area contributed by atoms with Gasteiger partial charge in [0.1, 0.15) is 5.84 Å². The molecule has 1 atom stereocenters. The minimum Gasteiger partial charge on any atom is -0.409 e. The van der Waals surface area contributed by atoms with Crippen molar-refractivity contribution in [2.24, 2.45) is 16.3 Å². The van der Waals surface area contributed by atoms with Gasteiger partial charge in [0, 0.05) is 18.5 Å². The molecular weight excluding hydrogens is 242 g/mol. The average Bonchev–Trinajstić information content (AvgIpc) is 2.43. The van der Waals surface area contributed by atoms with Crippen molar-refractivity contribution in [3.63, 3.8) is 0 Å². The maximum Gasteiger partial charge on any atom is 0.144 e. The molecule has 112 valence electrons. The Hall–Kier alpha value is -0.810. The Morgan fingerprint density at radius 2 is 2.21 bits per heavy atom. The van der Waals surface area contributed by atoms with Crippen LogP contribution < -0.4 is 5.73 Å². The molecule has 5 nitrogen and oxygen atoms in total. The van der Waals surface area contributed by atoms with Crippen LogP contribution in [0.4, 0.5) is 0 Å². The molecule has 1 aliphatic heterocycles. The Morgan fingerprint density at radius 3 is 2.84 bits per heavy atom. The lowest BCUT2D eigenvalue weighted by molar-refractivity contribution is -0.0300. The van der Waals surface area contributed by atoms with Crippen molar-refractivity contribution in [2.45, 2.75) is 52.6 Å². The minimum absolute atomic E-state index is 0.217. The highest BCUT2D eigenvalue weighted by Crippen LogP contribution is 2.23. The molecule has 1 saturated heterocycles. The van der Waals surface area contributed by atoms with Gasteiger partial charge in [0.25, 0.3) is 0 Å². The molecule has 0 aromatic carbocycles. The minimum atomic E-state index is -0.217. The number of amidine groups is 1. The highest BCUT2D eigenvalue weighted by molar-refractivity contribution is 5.85. The van der Waals surface area contributed by atoms with E-state index in [0.29, 0.717) is 11.9 Å². The second kappa shape index (κ2) is 7.70. The monoisotopic (exact) mass is 271 g/mol. The molecule has 0 aromatic heterocycles. The smallest absolute Gasteiger partial charge is 0.144 e. The number of oxime groups is 1. The zero-order chi connectivity index (χ0) is 14.3. The van der Waals surface area contributed by atoms with Crippen molar-refractivity contribution in [1.82, 2.24) is 4.90 Å². The number of ether oxygens (including phenoxy) is 1. The maximum absolute atomic E-state index is 8.73. The number of unbranched alkanes of at least 4 members (excludes halogenated alkanes) is 1. The quantitative estimate of drug-likeness (QED) is 0.244. The summed E-state index contributed by atoms with van der Waals surface area (Å²) in [5, 5.41) is 11.8. The Kier molecular flexibility index (Phi) is 6.58. The summed E-state index contributed by atoms with van der Waals surface area (Å²) in [6.45, 7) is 10.3. The summed E-state index contributed by atoms with van der Waals surface area (Å²) in [5.74, 6) is 0.324. The third-order valence-corrected chi connectivity index (χ3v) is 4.01. The van der Waals surface area contributed by atoms with E-state index >= 15 is 0 Å². The summed E-state index contributed by atoms with van der Waals surface area (Å²) in [6, 6.07) is 0. The van der Waals surface area contributed by atoms with Crippen molar-refractivity contribution < 1.29 is 9.94 Å². The van der Waals surface area contributed by atoms with Crippen LogP contribution in [-0.2, 0) is 4.74 Å². The first kappa shape index (κ1) is 16.2. The van der Waals surface area contributed by atoms with E-state index in [9.17, 15) is 0 Å². The molecule has 1 fully saturated rings. The number of hydrogen-bond donors (Lipinski definition) is 2. The fourth-order valence-electron chi connectivity index (χ4n) is 2.40. The third kappa shape index (κ3) is 5.37. The Bertz CT molecular complexity index is 292. The molecule has 0 aliphatic carbocycles. The maximum atomic E-state index is 8.73. The lowest BCUT2D eigenvalue weighted by Gasteiger charge is -2.32. The van der Waals surface area contributed by atoms with E-state index in [-0.39, 0.29) is 5.41 Å². The number of morpholine rings is 1. The van der Waals surface area contributed by atoms with Gasteiger partial charge in [-0.05, 0) is 25.8 Å². The van der Waals surface area contributed by atoms with Crippen molar-refractivity contribution >= 4 is 5.84 Å². The van der Waals surface area contributed by atoms with Crippen molar-refractivity contribution in [1.29, 1.82) is 0 Å². The van der Waals surface area contributed by atoms with Crippen LogP contribution in [0, 0.1) is 5.41 Å². The van der Waals surface area contributed by atoms with Crippen molar-refractivity contribution in [2.75, 3.05) is 26.2 Å². The molecule has 1 aliphatic rings. The number of rotatable bonds is 7. The molecule has 0 spiro atoms. The average molecular weight is 271 g/mol. The van der Waals surface area contributed by atoms with Gasteiger partial charge in [0.15, 0.2) is 0 Å². The molecule has 19 heavy (non-hydrogen) atoms. The van der Waals surface area contributed by atoms with E-state index in [2.05, 4.69) is 17.0 Å².